The molecule has 150 valence electrons. The van der Waals surface area contributed by atoms with Crippen LogP contribution in [0.5, 0.6) is 0 Å². The van der Waals surface area contributed by atoms with Crippen LogP contribution in [-0.4, -0.2) is 38.7 Å². The summed E-state index contributed by atoms with van der Waals surface area (Å²) in [6.07, 6.45) is 5.78. The van der Waals surface area contributed by atoms with Gasteiger partial charge in [0.15, 0.2) is 5.65 Å². The van der Waals surface area contributed by atoms with Crippen LogP contribution in [0.15, 0.2) is 42.6 Å². The Morgan fingerprint density at radius 3 is 2.59 bits per heavy atom. The third kappa shape index (κ3) is 3.64. The first kappa shape index (κ1) is 18.0. The van der Waals surface area contributed by atoms with E-state index in [1.807, 2.05) is 42.6 Å². The Bertz CT molecular complexity index is 1020. The molecular weight excluding hydrogens is 366 g/mol. The Balaban J connectivity index is 1.23. The fourth-order valence-electron chi connectivity index (χ4n) is 4.08. The summed E-state index contributed by atoms with van der Waals surface area (Å²) in [7, 11) is 0. The average Bonchev–Trinajstić information content (AvgIpc) is 3.51. The van der Waals surface area contributed by atoms with Crippen molar-refractivity contribution in [2.75, 3.05) is 18.8 Å². The molecule has 1 aliphatic heterocycles. The molecule has 2 aromatic heterocycles. The van der Waals surface area contributed by atoms with Gasteiger partial charge in [0, 0.05) is 36.3 Å². The average molecular weight is 391 g/mol. The number of benzene rings is 1. The second-order valence-electron chi connectivity index (χ2n) is 8.02. The maximum absolute atomic E-state index is 12.4. The molecule has 29 heavy (non-hydrogen) atoms. The van der Waals surface area contributed by atoms with Crippen molar-refractivity contribution in [1.82, 2.24) is 19.5 Å². The number of likely N-dealkylation sites (tertiary alicyclic amines) is 1. The smallest absolute Gasteiger partial charge is 0.410 e. The van der Waals surface area contributed by atoms with Crippen molar-refractivity contribution in [1.29, 1.82) is 0 Å². The van der Waals surface area contributed by atoms with Crippen molar-refractivity contribution >= 4 is 17.6 Å². The quantitative estimate of drug-likeness (QED) is 0.733. The highest BCUT2D eigenvalue weighted by molar-refractivity contribution is 5.67. The number of ether oxygens (including phenoxy) is 1. The molecule has 0 spiro atoms. The number of anilines is 1. The summed E-state index contributed by atoms with van der Waals surface area (Å²) in [5.74, 6) is 1.50. The van der Waals surface area contributed by atoms with Crippen LogP contribution in [0.1, 0.15) is 54.3 Å². The number of fused-ring (bicyclic) bond motifs is 1. The lowest BCUT2D eigenvalue weighted by atomic mass is 9.93. The van der Waals surface area contributed by atoms with E-state index in [2.05, 4.69) is 5.10 Å². The summed E-state index contributed by atoms with van der Waals surface area (Å²) in [6, 6.07) is 11.7. The predicted octanol–water partition coefficient (Wildman–Crippen LogP) is 3.71. The maximum atomic E-state index is 12.4. The number of carbonyl (C=O) groups is 1. The van der Waals surface area contributed by atoms with E-state index in [-0.39, 0.29) is 6.09 Å². The SMILES string of the molecule is Nc1cc(C2CCN(C(=O)OCc3ccccc3)CC2)nc2c(C3CC3)cnn12. The van der Waals surface area contributed by atoms with Crippen LogP contribution in [0.2, 0.25) is 0 Å². The fraction of sp³-hybridized carbons (Fsp3) is 0.409. The molecule has 2 N–H and O–H groups in total. The molecule has 3 aromatic rings. The van der Waals surface area contributed by atoms with Crippen molar-refractivity contribution in [3.8, 4) is 0 Å². The van der Waals surface area contributed by atoms with Crippen LogP contribution in [-0.2, 0) is 11.3 Å². The normalized spacial score (nSPS) is 17.6. The van der Waals surface area contributed by atoms with Gasteiger partial charge < -0.3 is 15.4 Å². The Morgan fingerprint density at radius 1 is 1.10 bits per heavy atom. The van der Waals surface area contributed by atoms with Crippen LogP contribution in [0.25, 0.3) is 5.65 Å². The number of nitrogens with zero attached hydrogens (tertiary/aromatic N) is 4. The number of carbonyl (C=O) groups excluding carboxylic acids is 1. The second-order valence-corrected chi connectivity index (χ2v) is 8.02. The lowest BCUT2D eigenvalue weighted by molar-refractivity contribution is 0.0868. The van der Waals surface area contributed by atoms with Crippen molar-refractivity contribution in [3.05, 3.63) is 59.4 Å². The first-order chi connectivity index (χ1) is 14.2. The number of rotatable bonds is 4. The van der Waals surface area contributed by atoms with Gasteiger partial charge >= 0.3 is 6.09 Å². The summed E-state index contributed by atoms with van der Waals surface area (Å²) < 4.78 is 7.21. The first-order valence-electron chi connectivity index (χ1n) is 10.3. The minimum Gasteiger partial charge on any atom is -0.445 e. The maximum Gasteiger partial charge on any atom is 0.410 e. The monoisotopic (exact) mass is 391 g/mol. The van der Waals surface area contributed by atoms with Crippen molar-refractivity contribution < 1.29 is 9.53 Å². The molecule has 7 heteroatoms. The molecular formula is C22H25N5O2. The van der Waals surface area contributed by atoms with Crippen LogP contribution < -0.4 is 5.73 Å². The minimum absolute atomic E-state index is 0.248. The van der Waals surface area contributed by atoms with E-state index >= 15 is 0 Å². The molecule has 0 unspecified atom stereocenters. The number of piperidine rings is 1. The van der Waals surface area contributed by atoms with E-state index in [1.54, 1.807) is 9.42 Å². The first-order valence-corrected chi connectivity index (χ1v) is 10.3. The Labute approximate surface area is 169 Å². The van der Waals surface area contributed by atoms with E-state index < -0.39 is 0 Å². The Hall–Kier alpha value is -3.09. The Morgan fingerprint density at radius 2 is 1.86 bits per heavy atom. The summed E-state index contributed by atoms with van der Waals surface area (Å²) >= 11 is 0. The fourth-order valence-corrected chi connectivity index (χ4v) is 4.08. The van der Waals surface area contributed by atoms with Gasteiger partial charge in [-0.3, -0.25) is 0 Å². The topological polar surface area (TPSA) is 85.8 Å². The molecule has 1 aliphatic carbocycles. The van der Waals surface area contributed by atoms with Crippen molar-refractivity contribution in [2.45, 2.75) is 44.1 Å². The van der Waals surface area contributed by atoms with Gasteiger partial charge in [0.1, 0.15) is 12.4 Å². The number of hydrogen-bond donors (Lipinski definition) is 1. The highest BCUT2D eigenvalue weighted by atomic mass is 16.6. The van der Waals surface area contributed by atoms with E-state index in [0.29, 0.717) is 37.4 Å². The van der Waals surface area contributed by atoms with Crippen LogP contribution in [0.3, 0.4) is 0 Å². The van der Waals surface area contributed by atoms with E-state index in [9.17, 15) is 4.79 Å². The van der Waals surface area contributed by atoms with E-state index in [0.717, 1.165) is 29.7 Å². The van der Waals surface area contributed by atoms with Gasteiger partial charge in [-0.2, -0.15) is 9.61 Å². The molecule has 1 saturated heterocycles. The molecule has 1 amide bonds. The van der Waals surface area contributed by atoms with Crippen LogP contribution in [0.4, 0.5) is 10.6 Å². The number of aromatic nitrogens is 3. The zero-order valence-electron chi connectivity index (χ0n) is 16.3. The molecule has 3 heterocycles. The van der Waals surface area contributed by atoms with Gasteiger partial charge in [0.25, 0.3) is 0 Å². The second kappa shape index (κ2) is 7.39. The molecule has 0 bridgehead atoms. The van der Waals surface area contributed by atoms with Crippen LogP contribution in [0, 0.1) is 0 Å². The lowest BCUT2D eigenvalue weighted by Crippen LogP contribution is -2.38. The Kier molecular flexibility index (Phi) is 4.58. The molecule has 2 aliphatic rings. The zero-order chi connectivity index (χ0) is 19.8. The lowest BCUT2D eigenvalue weighted by Gasteiger charge is -2.31. The molecule has 5 rings (SSSR count). The standard InChI is InChI=1S/C22H25N5O2/c23-20-12-19(25-21-18(16-6-7-16)13-24-27(20)21)17-8-10-26(11-9-17)22(28)29-14-15-4-2-1-3-5-15/h1-5,12-13,16-17H,6-11,14,23H2. The summed E-state index contributed by atoms with van der Waals surface area (Å²) in [5.41, 5.74) is 10.4. The molecule has 1 saturated carbocycles. The highest BCUT2D eigenvalue weighted by Crippen LogP contribution is 2.42. The van der Waals surface area contributed by atoms with Gasteiger partial charge in [0.2, 0.25) is 0 Å². The summed E-state index contributed by atoms with van der Waals surface area (Å²) in [5, 5.41) is 4.41. The molecule has 0 atom stereocenters. The predicted molar refractivity (Wildman–Crippen MR) is 110 cm³/mol. The third-order valence-electron chi connectivity index (χ3n) is 5.94. The largest absolute Gasteiger partial charge is 0.445 e. The number of nitrogen functional groups attached to an aromatic ring is 1. The zero-order valence-corrected chi connectivity index (χ0v) is 16.3. The van der Waals surface area contributed by atoms with Gasteiger partial charge in [0.05, 0.1) is 6.20 Å². The minimum atomic E-state index is -0.248. The van der Waals surface area contributed by atoms with E-state index in [4.69, 9.17) is 15.5 Å². The summed E-state index contributed by atoms with van der Waals surface area (Å²) in [4.78, 5) is 19.1. The van der Waals surface area contributed by atoms with Gasteiger partial charge in [-0.15, -0.1) is 0 Å². The molecule has 1 aromatic carbocycles. The molecule has 2 fully saturated rings. The number of hydrogen-bond acceptors (Lipinski definition) is 5. The van der Waals surface area contributed by atoms with Gasteiger partial charge in [-0.25, -0.2) is 9.78 Å². The van der Waals surface area contributed by atoms with Gasteiger partial charge in [-0.05, 0) is 37.2 Å². The van der Waals surface area contributed by atoms with Crippen molar-refractivity contribution in [3.63, 3.8) is 0 Å². The van der Waals surface area contributed by atoms with Gasteiger partial charge in [-0.1, -0.05) is 30.3 Å². The van der Waals surface area contributed by atoms with Crippen molar-refractivity contribution in [2.24, 2.45) is 0 Å². The molecule has 0 radical (unpaired) electrons. The summed E-state index contributed by atoms with van der Waals surface area (Å²) in [6.45, 7) is 1.64. The highest BCUT2D eigenvalue weighted by Gasteiger charge is 2.30. The van der Waals surface area contributed by atoms with E-state index in [1.165, 1.54) is 18.4 Å². The number of amides is 1. The third-order valence-corrected chi connectivity index (χ3v) is 5.94. The number of nitrogens with two attached hydrogens (primary N) is 1. The molecule has 7 nitrogen and oxygen atoms in total. The van der Waals surface area contributed by atoms with Crippen LogP contribution >= 0.6 is 0 Å².